The van der Waals surface area contributed by atoms with Gasteiger partial charge in [0.25, 0.3) is 0 Å². The summed E-state index contributed by atoms with van der Waals surface area (Å²) in [5, 5.41) is 3.55. The molecule has 2 aromatic rings. The van der Waals surface area contributed by atoms with Crippen molar-refractivity contribution in [2.45, 2.75) is 51.6 Å². The highest BCUT2D eigenvalue weighted by Crippen LogP contribution is 2.18. The van der Waals surface area contributed by atoms with Gasteiger partial charge in [-0.25, -0.2) is 15.0 Å². The molecule has 1 fully saturated rings. The first-order valence-corrected chi connectivity index (χ1v) is 10.4. The SMILES string of the molecule is Cc1cc(C)nc(SCC(=O)NCc2ccc(N3CC(C)OC(C)C3)nc2)n1. The zero-order valence-corrected chi connectivity index (χ0v) is 17.6. The van der Waals surface area contributed by atoms with E-state index in [2.05, 4.69) is 39.0 Å². The summed E-state index contributed by atoms with van der Waals surface area (Å²) >= 11 is 1.35. The van der Waals surface area contributed by atoms with Crippen LogP contribution in [-0.4, -0.2) is 51.9 Å². The highest BCUT2D eigenvalue weighted by molar-refractivity contribution is 7.99. The highest BCUT2D eigenvalue weighted by Gasteiger charge is 2.22. The predicted octanol–water partition coefficient (Wildman–Crippen LogP) is 2.51. The van der Waals surface area contributed by atoms with Crippen LogP contribution in [0.15, 0.2) is 29.6 Å². The lowest BCUT2D eigenvalue weighted by Gasteiger charge is -2.36. The van der Waals surface area contributed by atoms with Crippen LogP contribution in [-0.2, 0) is 16.1 Å². The van der Waals surface area contributed by atoms with Crippen LogP contribution in [0.4, 0.5) is 5.82 Å². The number of morpholine rings is 1. The van der Waals surface area contributed by atoms with Gasteiger partial charge in [-0.2, -0.15) is 0 Å². The van der Waals surface area contributed by atoms with E-state index in [9.17, 15) is 4.79 Å². The van der Waals surface area contributed by atoms with E-state index in [0.29, 0.717) is 11.7 Å². The molecular weight excluding hydrogens is 374 g/mol. The fourth-order valence-corrected chi connectivity index (χ4v) is 3.99. The number of aryl methyl sites for hydroxylation is 2. The Kier molecular flexibility index (Phi) is 6.85. The molecular formula is C20H27N5O2S. The molecule has 1 N–H and O–H groups in total. The lowest BCUT2D eigenvalue weighted by atomic mass is 10.2. The topological polar surface area (TPSA) is 80.2 Å². The molecule has 0 bridgehead atoms. The molecule has 0 radical (unpaired) electrons. The first-order chi connectivity index (χ1) is 13.4. The zero-order valence-electron chi connectivity index (χ0n) is 16.8. The molecule has 0 saturated carbocycles. The van der Waals surface area contributed by atoms with Crippen molar-refractivity contribution in [2.24, 2.45) is 0 Å². The standard InChI is InChI=1S/C20H27N5O2S/c1-13-7-14(2)24-20(23-13)28-12-19(26)22-9-17-5-6-18(21-8-17)25-10-15(3)27-16(4)11-25/h5-8,15-16H,9-12H2,1-4H3,(H,22,26). The number of pyridine rings is 1. The molecule has 0 aliphatic carbocycles. The maximum Gasteiger partial charge on any atom is 0.230 e. The number of anilines is 1. The smallest absolute Gasteiger partial charge is 0.230 e. The van der Waals surface area contributed by atoms with Crippen LogP contribution in [0.2, 0.25) is 0 Å². The molecule has 150 valence electrons. The van der Waals surface area contributed by atoms with Crippen LogP contribution in [0.1, 0.15) is 30.8 Å². The van der Waals surface area contributed by atoms with Crippen molar-refractivity contribution in [2.75, 3.05) is 23.7 Å². The van der Waals surface area contributed by atoms with Gasteiger partial charge in [0.05, 0.1) is 18.0 Å². The molecule has 8 heteroatoms. The van der Waals surface area contributed by atoms with Gasteiger partial charge in [-0.15, -0.1) is 0 Å². The molecule has 1 aliphatic rings. The van der Waals surface area contributed by atoms with Crippen LogP contribution in [0, 0.1) is 13.8 Å². The highest BCUT2D eigenvalue weighted by atomic mass is 32.2. The van der Waals surface area contributed by atoms with E-state index in [4.69, 9.17) is 4.74 Å². The van der Waals surface area contributed by atoms with Crippen LogP contribution < -0.4 is 10.2 Å². The lowest BCUT2D eigenvalue weighted by molar-refractivity contribution is -0.118. The molecule has 0 spiro atoms. The van der Waals surface area contributed by atoms with Crippen molar-refractivity contribution in [3.8, 4) is 0 Å². The van der Waals surface area contributed by atoms with Crippen molar-refractivity contribution in [1.82, 2.24) is 20.3 Å². The summed E-state index contributed by atoms with van der Waals surface area (Å²) in [6, 6.07) is 5.93. The Morgan fingerprint density at radius 1 is 1.21 bits per heavy atom. The second-order valence-corrected chi connectivity index (χ2v) is 8.13. The number of rotatable bonds is 6. The van der Waals surface area contributed by atoms with Gasteiger partial charge in [-0.05, 0) is 45.4 Å². The normalized spacial score (nSPS) is 19.5. The quantitative estimate of drug-likeness (QED) is 0.588. The van der Waals surface area contributed by atoms with E-state index in [1.807, 2.05) is 38.2 Å². The second kappa shape index (κ2) is 9.34. The Labute approximate surface area is 170 Å². The molecule has 3 heterocycles. The van der Waals surface area contributed by atoms with E-state index >= 15 is 0 Å². The summed E-state index contributed by atoms with van der Waals surface area (Å²) < 4.78 is 5.77. The van der Waals surface area contributed by atoms with Crippen molar-refractivity contribution in [3.05, 3.63) is 41.3 Å². The van der Waals surface area contributed by atoms with Gasteiger partial charge in [0.1, 0.15) is 5.82 Å². The minimum Gasteiger partial charge on any atom is -0.372 e. The number of hydrogen-bond donors (Lipinski definition) is 1. The molecule has 2 unspecified atom stereocenters. The maximum atomic E-state index is 12.1. The Morgan fingerprint density at radius 3 is 2.50 bits per heavy atom. The van der Waals surface area contributed by atoms with Gasteiger partial charge in [-0.3, -0.25) is 4.79 Å². The van der Waals surface area contributed by atoms with E-state index < -0.39 is 0 Å². The number of nitrogens with one attached hydrogen (secondary N) is 1. The van der Waals surface area contributed by atoms with Gasteiger partial charge in [0, 0.05) is 37.2 Å². The van der Waals surface area contributed by atoms with Gasteiger partial charge in [0.15, 0.2) is 5.16 Å². The summed E-state index contributed by atoms with van der Waals surface area (Å²) in [5.74, 6) is 1.19. The molecule has 7 nitrogen and oxygen atoms in total. The molecule has 1 amide bonds. The first-order valence-electron chi connectivity index (χ1n) is 9.46. The minimum absolute atomic E-state index is 0.0485. The van der Waals surface area contributed by atoms with Crippen LogP contribution in [0.25, 0.3) is 0 Å². The number of carbonyl (C=O) groups excluding carboxylic acids is 1. The van der Waals surface area contributed by atoms with Crippen LogP contribution in [0.3, 0.4) is 0 Å². The Hall–Kier alpha value is -2.19. The number of aromatic nitrogens is 3. The van der Waals surface area contributed by atoms with E-state index in [-0.39, 0.29) is 23.9 Å². The number of nitrogens with zero attached hydrogens (tertiary/aromatic N) is 4. The van der Waals surface area contributed by atoms with Crippen LogP contribution in [0.5, 0.6) is 0 Å². The zero-order chi connectivity index (χ0) is 20.1. The molecule has 2 atom stereocenters. The summed E-state index contributed by atoms with van der Waals surface area (Å²) in [6.07, 6.45) is 2.21. The average molecular weight is 402 g/mol. The average Bonchev–Trinajstić information content (AvgIpc) is 2.63. The van der Waals surface area contributed by atoms with Gasteiger partial charge >= 0.3 is 0 Å². The molecule has 1 aliphatic heterocycles. The molecule has 2 aromatic heterocycles. The van der Waals surface area contributed by atoms with Crippen molar-refractivity contribution in [1.29, 1.82) is 0 Å². The maximum absolute atomic E-state index is 12.1. The molecule has 28 heavy (non-hydrogen) atoms. The second-order valence-electron chi connectivity index (χ2n) is 7.19. The summed E-state index contributed by atoms with van der Waals surface area (Å²) in [7, 11) is 0. The third kappa shape index (κ3) is 5.90. The fraction of sp³-hybridized carbons (Fsp3) is 0.500. The van der Waals surface area contributed by atoms with E-state index in [1.165, 1.54) is 11.8 Å². The molecule has 1 saturated heterocycles. The van der Waals surface area contributed by atoms with Gasteiger partial charge < -0.3 is 15.0 Å². The minimum atomic E-state index is -0.0485. The lowest BCUT2D eigenvalue weighted by Crippen LogP contribution is -2.45. The summed E-state index contributed by atoms with van der Waals surface area (Å²) in [4.78, 5) is 27.6. The number of ether oxygens (including phenoxy) is 1. The summed E-state index contributed by atoms with van der Waals surface area (Å²) in [6.45, 7) is 10.1. The Balaban J connectivity index is 1.47. The number of carbonyl (C=O) groups is 1. The molecule has 0 aromatic carbocycles. The van der Waals surface area contributed by atoms with E-state index in [0.717, 1.165) is 35.9 Å². The van der Waals surface area contributed by atoms with Crippen LogP contribution >= 0.6 is 11.8 Å². The van der Waals surface area contributed by atoms with Crippen molar-refractivity contribution >= 4 is 23.5 Å². The van der Waals surface area contributed by atoms with Crippen molar-refractivity contribution < 1.29 is 9.53 Å². The monoisotopic (exact) mass is 401 g/mol. The third-order valence-corrected chi connectivity index (χ3v) is 5.18. The predicted molar refractivity (Wildman–Crippen MR) is 111 cm³/mol. The number of amides is 1. The fourth-order valence-electron chi connectivity index (χ4n) is 3.21. The largest absolute Gasteiger partial charge is 0.372 e. The number of thioether (sulfide) groups is 1. The third-order valence-electron chi connectivity index (χ3n) is 4.34. The number of hydrogen-bond acceptors (Lipinski definition) is 7. The summed E-state index contributed by atoms with van der Waals surface area (Å²) in [5.41, 5.74) is 2.79. The van der Waals surface area contributed by atoms with E-state index in [1.54, 1.807) is 0 Å². The molecule has 3 rings (SSSR count). The first kappa shape index (κ1) is 20.5. The van der Waals surface area contributed by atoms with Gasteiger partial charge in [-0.1, -0.05) is 17.8 Å². The van der Waals surface area contributed by atoms with Crippen molar-refractivity contribution in [3.63, 3.8) is 0 Å². The Bertz CT molecular complexity index is 784. The Morgan fingerprint density at radius 2 is 1.89 bits per heavy atom. The van der Waals surface area contributed by atoms with Gasteiger partial charge in [0.2, 0.25) is 5.91 Å².